The van der Waals surface area contributed by atoms with Crippen LogP contribution in [0.15, 0.2) is 72.8 Å². The molecule has 0 unspecified atom stereocenters. The van der Waals surface area contributed by atoms with E-state index in [1.165, 1.54) is 0 Å². The molecule has 3 nitrogen and oxygen atoms in total. The normalized spacial score (nSPS) is 11.6. The Hall–Kier alpha value is -2.65. The summed E-state index contributed by atoms with van der Waals surface area (Å²) >= 11 is 0. The van der Waals surface area contributed by atoms with Crippen LogP contribution in [0.5, 0.6) is 0 Å². The number of rotatable bonds is 4. The minimum absolute atomic E-state index is 0.403. The first-order chi connectivity index (χ1) is 9.81. The quantitative estimate of drug-likeness (QED) is 0.386. The van der Waals surface area contributed by atoms with Crippen LogP contribution in [-0.2, 0) is 4.79 Å². The largest absolute Gasteiger partial charge is 0.288 e. The molecule has 0 aromatic heterocycles. The van der Waals surface area contributed by atoms with Crippen LogP contribution in [0.4, 0.5) is 0 Å². The van der Waals surface area contributed by atoms with Gasteiger partial charge in [-0.05, 0) is 17.2 Å². The predicted molar refractivity (Wildman–Crippen MR) is 79.8 cm³/mol. The van der Waals surface area contributed by atoms with Crippen molar-refractivity contribution in [1.82, 2.24) is 5.48 Å². The Bertz CT molecular complexity index is 616. The van der Waals surface area contributed by atoms with Gasteiger partial charge in [-0.15, -0.1) is 0 Å². The molecule has 0 bridgehead atoms. The summed E-state index contributed by atoms with van der Waals surface area (Å²) in [5, 5.41) is 8.82. The highest BCUT2D eigenvalue weighted by atomic mass is 16.5. The molecule has 0 aliphatic heterocycles. The lowest BCUT2D eigenvalue weighted by atomic mass is 10.0. The van der Waals surface area contributed by atoms with Gasteiger partial charge in [-0.2, -0.15) is 0 Å². The number of carbonyl (C=O) groups excluding carboxylic acids is 1. The first-order valence-corrected chi connectivity index (χ1v) is 6.24. The van der Waals surface area contributed by atoms with E-state index in [0.29, 0.717) is 5.57 Å². The van der Waals surface area contributed by atoms with Crippen LogP contribution in [0.3, 0.4) is 0 Å². The fraction of sp³-hybridized carbons (Fsp3) is 0. The van der Waals surface area contributed by atoms with E-state index in [1.807, 2.05) is 66.7 Å². The van der Waals surface area contributed by atoms with Gasteiger partial charge in [-0.3, -0.25) is 10.0 Å². The fourth-order valence-corrected chi connectivity index (χ4v) is 1.80. The topological polar surface area (TPSA) is 49.3 Å². The first kappa shape index (κ1) is 13.8. The predicted octanol–water partition coefficient (Wildman–Crippen LogP) is 3.29. The number of hydrogen-bond acceptors (Lipinski definition) is 2. The second-order valence-electron chi connectivity index (χ2n) is 4.16. The van der Waals surface area contributed by atoms with E-state index < -0.39 is 5.91 Å². The Labute approximate surface area is 117 Å². The molecular formula is C17H15NO2. The summed E-state index contributed by atoms with van der Waals surface area (Å²) < 4.78 is 0. The lowest BCUT2D eigenvalue weighted by molar-refractivity contribution is -0.123. The summed E-state index contributed by atoms with van der Waals surface area (Å²) in [5.41, 5.74) is 3.86. The number of nitrogens with one attached hydrogen (secondary N) is 1. The molecule has 0 fully saturated rings. The van der Waals surface area contributed by atoms with Gasteiger partial charge in [0, 0.05) is 5.57 Å². The summed E-state index contributed by atoms with van der Waals surface area (Å²) in [6.45, 7) is 0. The highest BCUT2D eigenvalue weighted by Crippen LogP contribution is 2.14. The maximum atomic E-state index is 11.7. The number of amides is 1. The minimum atomic E-state index is -0.533. The maximum Gasteiger partial charge on any atom is 0.275 e. The van der Waals surface area contributed by atoms with Crippen LogP contribution < -0.4 is 5.48 Å². The third-order valence-electron chi connectivity index (χ3n) is 2.78. The zero-order valence-corrected chi connectivity index (χ0v) is 10.9. The van der Waals surface area contributed by atoms with E-state index in [-0.39, 0.29) is 0 Å². The molecule has 2 N–H and O–H groups in total. The van der Waals surface area contributed by atoms with Gasteiger partial charge < -0.3 is 0 Å². The summed E-state index contributed by atoms with van der Waals surface area (Å²) in [6.07, 6.45) is 5.36. The lowest BCUT2D eigenvalue weighted by Gasteiger charge is -2.04. The van der Waals surface area contributed by atoms with Crippen LogP contribution >= 0.6 is 0 Å². The molecule has 0 aliphatic carbocycles. The molecule has 0 radical (unpaired) electrons. The first-order valence-electron chi connectivity index (χ1n) is 6.24. The van der Waals surface area contributed by atoms with Crippen molar-refractivity contribution in [1.29, 1.82) is 0 Å². The second-order valence-corrected chi connectivity index (χ2v) is 4.16. The van der Waals surface area contributed by atoms with Crippen molar-refractivity contribution in [2.75, 3.05) is 0 Å². The number of hydrogen-bond donors (Lipinski definition) is 2. The average molecular weight is 265 g/mol. The van der Waals surface area contributed by atoms with E-state index in [1.54, 1.807) is 17.6 Å². The van der Waals surface area contributed by atoms with E-state index >= 15 is 0 Å². The molecule has 0 atom stereocenters. The summed E-state index contributed by atoms with van der Waals surface area (Å²) in [4.78, 5) is 11.7. The van der Waals surface area contributed by atoms with E-state index in [4.69, 9.17) is 5.21 Å². The average Bonchev–Trinajstić information content (AvgIpc) is 2.53. The minimum Gasteiger partial charge on any atom is -0.288 e. The summed E-state index contributed by atoms with van der Waals surface area (Å²) in [6, 6.07) is 19.0. The number of allylic oxidation sites excluding steroid dienone is 2. The van der Waals surface area contributed by atoms with Gasteiger partial charge in [-0.25, -0.2) is 5.48 Å². The van der Waals surface area contributed by atoms with E-state index in [0.717, 1.165) is 11.1 Å². The molecular weight excluding hydrogens is 250 g/mol. The van der Waals surface area contributed by atoms with E-state index in [9.17, 15) is 4.79 Å². The smallest absolute Gasteiger partial charge is 0.275 e. The molecule has 20 heavy (non-hydrogen) atoms. The molecule has 0 saturated heterocycles. The highest BCUT2D eigenvalue weighted by molar-refractivity contribution is 6.19. The Morgan fingerprint density at radius 2 is 1.55 bits per heavy atom. The number of hydroxylamine groups is 1. The van der Waals surface area contributed by atoms with Crippen molar-refractivity contribution >= 4 is 17.6 Å². The molecule has 2 rings (SSSR count). The zero-order chi connectivity index (χ0) is 14.2. The summed E-state index contributed by atoms with van der Waals surface area (Å²) in [5.74, 6) is -0.533. The van der Waals surface area contributed by atoms with Gasteiger partial charge >= 0.3 is 0 Å². The number of carbonyl (C=O) groups is 1. The molecule has 100 valence electrons. The molecule has 1 amide bonds. The van der Waals surface area contributed by atoms with Crippen molar-refractivity contribution in [3.8, 4) is 0 Å². The standard InChI is InChI=1S/C17H15NO2/c19-17(18-20)16(15-11-5-2-6-12-15)13-7-10-14-8-3-1-4-9-14/h1-13,20H,(H,18,19). The van der Waals surface area contributed by atoms with Gasteiger partial charge in [0.2, 0.25) is 0 Å². The van der Waals surface area contributed by atoms with Crippen molar-refractivity contribution in [2.24, 2.45) is 0 Å². The Morgan fingerprint density at radius 3 is 2.15 bits per heavy atom. The monoisotopic (exact) mass is 265 g/mol. The van der Waals surface area contributed by atoms with E-state index in [2.05, 4.69) is 0 Å². The molecule has 0 spiro atoms. The summed E-state index contributed by atoms with van der Waals surface area (Å²) in [7, 11) is 0. The highest BCUT2D eigenvalue weighted by Gasteiger charge is 2.09. The Kier molecular flexibility index (Phi) is 4.87. The molecule has 0 aliphatic rings. The molecule has 3 heteroatoms. The molecule has 2 aromatic carbocycles. The fourth-order valence-electron chi connectivity index (χ4n) is 1.80. The van der Waals surface area contributed by atoms with Crippen molar-refractivity contribution in [3.05, 3.63) is 83.9 Å². The lowest BCUT2D eigenvalue weighted by Crippen LogP contribution is -2.19. The van der Waals surface area contributed by atoms with Crippen LogP contribution in [0.1, 0.15) is 11.1 Å². The Balaban J connectivity index is 2.26. The molecule has 2 aromatic rings. The van der Waals surface area contributed by atoms with Gasteiger partial charge in [0.05, 0.1) is 0 Å². The zero-order valence-electron chi connectivity index (χ0n) is 10.9. The molecule has 0 heterocycles. The van der Waals surface area contributed by atoms with Crippen molar-refractivity contribution < 1.29 is 10.0 Å². The molecule has 0 saturated carbocycles. The van der Waals surface area contributed by atoms with Crippen molar-refractivity contribution in [3.63, 3.8) is 0 Å². The van der Waals surface area contributed by atoms with Gasteiger partial charge in [0.1, 0.15) is 0 Å². The van der Waals surface area contributed by atoms with Gasteiger partial charge in [-0.1, -0.05) is 72.8 Å². The van der Waals surface area contributed by atoms with Gasteiger partial charge in [0.15, 0.2) is 0 Å². The SMILES string of the molecule is O=C(NO)C(=CC=Cc1ccccc1)c1ccccc1. The van der Waals surface area contributed by atoms with Gasteiger partial charge in [0.25, 0.3) is 5.91 Å². The number of benzene rings is 2. The van der Waals surface area contributed by atoms with Crippen molar-refractivity contribution in [2.45, 2.75) is 0 Å². The van der Waals surface area contributed by atoms with Crippen LogP contribution in [-0.4, -0.2) is 11.1 Å². The second kappa shape index (κ2) is 7.07. The Morgan fingerprint density at radius 1 is 0.950 bits per heavy atom. The third kappa shape index (κ3) is 3.67. The van der Waals surface area contributed by atoms with Crippen LogP contribution in [0.25, 0.3) is 11.6 Å². The van der Waals surface area contributed by atoms with Crippen LogP contribution in [0.2, 0.25) is 0 Å². The maximum absolute atomic E-state index is 11.7. The third-order valence-corrected chi connectivity index (χ3v) is 2.78. The van der Waals surface area contributed by atoms with Crippen LogP contribution in [0, 0.1) is 0 Å².